The normalized spacial score (nSPS) is 17.1. The molecule has 1 fully saturated rings. The molecule has 1 aliphatic heterocycles. The lowest BCUT2D eigenvalue weighted by atomic mass is 10.1. The molecule has 1 aliphatic rings. The number of aromatic nitrogens is 4. The van der Waals surface area contributed by atoms with Crippen molar-refractivity contribution in [1.82, 2.24) is 25.1 Å². The van der Waals surface area contributed by atoms with Crippen LogP contribution in [0.4, 0.5) is 0 Å². The van der Waals surface area contributed by atoms with E-state index in [0.717, 1.165) is 64.5 Å². The number of nitrogens with zero attached hydrogens (tertiary/aromatic N) is 3. The van der Waals surface area contributed by atoms with Gasteiger partial charge in [0.15, 0.2) is 11.0 Å². The van der Waals surface area contributed by atoms with E-state index in [4.69, 9.17) is 0 Å². The molecule has 0 unspecified atom stereocenters. The zero-order valence-electron chi connectivity index (χ0n) is 16.8. The number of H-pyrrole nitrogens is 1. The molecule has 1 amide bonds. The molecule has 30 heavy (non-hydrogen) atoms. The summed E-state index contributed by atoms with van der Waals surface area (Å²) in [5, 5.41) is 13.8. The maximum atomic E-state index is 12.5. The lowest BCUT2D eigenvalue weighted by molar-refractivity contribution is -0.120. The highest BCUT2D eigenvalue weighted by Gasteiger charge is 2.26. The van der Waals surface area contributed by atoms with Crippen LogP contribution in [0.5, 0.6) is 0 Å². The van der Waals surface area contributed by atoms with Gasteiger partial charge >= 0.3 is 0 Å². The molecule has 6 nitrogen and oxygen atoms in total. The Labute approximate surface area is 179 Å². The summed E-state index contributed by atoms with van der Waals surface area (Å²) in [6.45, 7) is 2.83. The standard InChI is InChI=1S/C23H23N5OS/c1-15-7-6-8-16(13-15)28-21(18-14-25-19-10-3-2-9-17(18)19)26-27-23(28)30-20-11-4-5-12-24-22(20)29/h2-3,6-10,13-14,20,25H,4-5,11-12H2,1H3,(H,24,29)/t20-/m1/s1. The van der Waals surface area contributed by atoms with Crippen LogP contribution < -0.4 is 5.32 Å². The summed E-state index contributed by atoms with van der Waals surface area (Å²) in [4.78, 5) is 15.9. The molecule has 152 valence electrons. The van der Waals surface area contributed by atoms with E-state index in [0.29, 0.717) is 0 Å². The Kier molecular flexibility index (Phi) is 5.04. The van der Waals surface area contributed by atoms with Crippen molar-refractivity contribution in [3.8, 4) is 17.1 Å². The maximum absolute atomic E-state index is 12.5. The Bertz CT molecular complexity index is 1210. The fourth-order valence-electron chi connectivity index (χ4n) is 3.93. The zero-order chi connectivity index (χ0) is 20.5. The number of carbonyl (C=O) groups is 1. The summed E-state index contributed by atoms with van der Waals surface area (Å²) in [7, 11) is 0. The third-order valence-corrected chi connectivity index (χ3v) is 6.67. The number of rotatable bonds is 4. The second-order valence-corrected chi connectivity index (χ2v) is 8.79. The highest BCUT2D eigenvalue weighted by atomic mass is 32.2. The molecule has 2 aromatic heterocycles. The van der Waals surface area contributed by atoms with Crippen LogP contribution in [0.3, 0.4) is 0 Å². The van der Waals surface area contributed by atoms with Gasteiger partial charge in [-0.15, -0.1) is 10.2 Å². The Balaban J connectivity index is 1.64. The van der Waals surface area contributed by atoms with Gasteiger partial charge in [0, 0.05) is 34.9 Å². The number of nitrogens with one attached hydrogen (secondary N) is 2. The van der Waals surface area contributed by atoms with E-state index in [1.54, 1.807) is 0 Å². The van der Waals surface area contributed by atoms with Gasteiger partial charge in [-0.05, 0) is 43.5 Å². The zero-order valence-corrected chi connectivity index (χ0v) is 17.6. The second kappa shape index (κ2) is 7.99. The monoisotopic (exact) mass is 417 g/mol. The van der Waals surface area contributed by atoms with Crippen molar-refractivity contribution in [2.75, 3.05) is 6.54 Å². The van der Waals surface area contributed by atoms with Gasteiger partial charge in [-0.1, -0.05) is 48.5 Å². The van der Waals surface area contributed by atoms with E-state index in [9.17, 15) is 4.79 Å². The second-order valence-electron chi connectivity index (χ2n) is 7.62. The van der Waals surface area contributed by atoms with Gasteiger partial charge in [0.05, 0.1) is 5.25 Å². The Morgan fingerprint density at radius 1 is 1.10 bits per heavy atom. The highest BCUT2D eigenvalue weighted by molar-refractivity contribution is 8.00. The first-order chi connectivity index (χ1) is 14.7. The van der Waals surface area contributed by atoms with Crippen molar-refractivity contribution < 1.29 is 4.79 Å². The van der Waals surface area contributed by atoms with E-state index in [1.807, 2.05) is 24.4 Å². The first kappa shape index (κ1) is 18.9. The Morgan fingerprint density at radius 3 is 2.90 bits per heavy atom. The number of fused-ring (bicyclic) bond motifs is 1. The molecule has 0 radical (unpaired) electrons. The number of aromatic amines is 1. The average Bonchev–Trinajstić information content (AvgIpc) is 3.30. The third kappa shape index (κ3) is 3.50. The van der Waals surface area contributed by atoms with Crippen LogP contribution >= 0.6 is 11.8 Å². The summed E-state index contributed by atoms with van der Waals surface area (Å²) in [5.74, 6) is 0.861. The van der Waals surface area contributed by atoms with Crippen LogP contribution in [0.25, 0.3) is 28.0 Å². The van der Waals surface area contributed by atoms with Crippen molar-refractivity contribution in [1.29, 1.82) is 0 Å². The van der Waals surface area contributed by atoms with E-state index < -0.39 is 0 Å². The fraction of sp³-hybridized carbons (Fsp3) is 0.261. The fourth-order valence-corrected chi connectivity index (χ4v) is 5.04. The van der Waals surface area contributed by atoms with Crippen LogP contribution in [0, 0.1) is 6.92 Å². The SMILES string of the molecule is Cc1cccc(-n2c(S[C@@H]3CCCCNC3=O)nnc2-c2c[nH]c3ccccc23)c1. The number of hydrogen-bond donors (Lipinski definition) is 2. The van der Waals surface area contributed by atoms with E-state index in [-0.39, 0.29) is 11.2 Å². The molecule has 2 aromatic carbocycles. The molecule has 0 bridgehead atoms. The van der Waals surface area contributed by atoms with Gasteiger partial charge in [0.1, 0.15) is 0 Å². The van der Waals surface area contributed by atoms with Crippen LogP contribution in [0.2, 0.25) is 0 Å². The number of carbonyl (C=O) groups excluding carboxylic acids is 1. The number of hydrogen-bond acceptors (Lipinski definition) is 4. The van der Waals surface area contributed by atoms with Gasteiger partial charge < -0.3 is 10.3 Å². The topological polar surface area (TPSA) is 75.6 Å². The quantitative estimate of drug-likeness (QED) is 0.513. The summed E-state index contributed by atoms with van der Waals surface area (Å²) in [5.41, 5.74) is 4.21. The number of thioether (sulfide) groups is 1. The van der Waals surface area contributed by atoms with Gasteiger partial charge in [0.2, 0.25) is 5.91 Å². The minimum Gasteiger partial charge on any atom is -0.360 e. The molecule has 1 atom stereocenters. The number of benzene rings is 2. The minimum atomic E-state index is -0.156. The smallest absolute Gasteiger partial charge is 0.233 e. The molecule has 1 saturated heterocycles. The Morgan fingerprint density at radius 2 is 2.00 bits per heavy atom. The summed E-state index contributed by atoms with van der Waals surface area (Å²) >= 11 is 1.50. The lowest BCUT2D eigenvalue weighted by Gasteiger charge is -2.15. The highest BCUT2D eigenvalue weighted by Crippen LogP contribution is 2.35. The van der Waals surface area contributed by atoms with Gasteiger partial charge in [0.25, 0.3) is 0 Å². The number of para-hydroxylation sites is 1. The average molecular weight is 418 g/mol. The van der Waals surface area contributed by atoms with Crippen molar-refractivity contribution in [2.24, 2.45) is 0 Å². The van der Waals surface area contributed by atoms with Crippen LogP contribution in [0.15, 0.2) is 59.9 Å². The van der Waals surface area contributed by atoms with Crippen molar-refractivity contribution in [2.45, 2.75) is 36.6 Å². The summed E-state index contributed by atoms with van der Waals surface area (Å²) < 4.78 is 2.07. The minimum absolute atomic E-state index is 0.0879. The molecule has 4 aromatic rings. The molecule has 0 aliphatic carbocycles. The lowest BCUT2D eigenvalue weighted by Crippen LogP contribution is -2.30. The molecule has 2 N–H and O–H groups in total. The molecule has 3 heterocycles. The predicted octanol–water partition coefficient (Wildman–Crippen LogP) is 4.48. The van der Waals surface area contributed by atoms with Crippen molar-refractivity contribution in [3.63, 3.8) is 0 Å². The number of amides is 1. The Hall–Kier alpha value is -3.06. The summed E-state index contributed by atoms with van der Waals surface area (Å²) in [6, 6.07) is 16.5. The summed E-state index contributed by atoms with van der Waals surface area (Å²) in [6.07, 6.45) is 4.88. The molecular weight excluding hydrogens is 394 g/mol. The molecule has 0 saturated carbocycles. The van der Waals surface area contributed by atoms with Crippen LogP contribution in [-0.2, 0) is 4.79 Å². The van der Waals surface area contributed by atoms with Gasteiger partial charge in [-0.2, -0.15) is 0 Å². The molecule has 5 rings (SSSR count). The maximum Gasteiger partial charge on any atom is 0.233 e. The third-order valence-electron chi connectivity index (χ3n) is 5.46. The molecule has 7 heteroatoms. The van der Waals surface area contributed by atoms with Gasteiger partial charge in [-0.3, -0.25) is 9.36 Å². The predicted molar refractivity (Wildman–Crippen MR) is 120 cm³/mol. The van der Waals surface area contributed by atoms with Crippen LogP contribution in [0.1, 0.15) is 24.8 Å². The molecule has 0 spiro atoms. The van der Waals surface area contributed by atoms with E-state index in [1.165, 1.54) is 11.8 Å². The van der Waals surface area contributed by atoms with Crippen LogP contribution in [-0.4, -0.2) is 37.5 Å². The number of aryl methyl sites for hydroxylation is 1. The van der Waals surface area contributed by atoms with Crippen molar-refractivity contribution in [3.05, 3.63) is 60.3 Å². The van der Waals surface area contributed by atoms with E-state index in [2.05, 4.69) is 62.3 Å². The molecular formula is C23H23N5OS. The largest absolute Gasteiger partial charge is 0.360 e. The first-order valence-corrected chi connectivity index (χ1v) is 11.1. The van der Waals surface area contributed by atoms with Gasteiger partial charge in [-0.25, -0.2) is 0 Å². The first-order valence-electron chi connectivity index (χ1n) is 10.2. The van der Waals surface area contributed by atoms with Crippen molar-refractivity contribution >= 4 is 28.6 Å². The van der Waals surface area contributed by atoms with E-state index >= 15 is 0 Å².